The van der Waals surface area contributed by atoms with E-state index in [9.17, 15) is 5.11 Å². The molecule has 0 amide bonds. The highest BCUT2D eigenvalue weighted by atomic mass is 16.3. The van der Waals surface area contributed by atoms with Crippen LogP contribution in [0.5, 0.6) is 5.75 Å². The summed E-state index contributed by atoms with van der Waals surface area (Å²) in [5.41, 5.74) is 2.18. The zero-order valence-electron chi connectivity index (χ0n) is 9.75. The molecule has 0 aliphatic rings. The number of hydrogen-bond acceptors (Lipinski definition) is 3. The quantitative estimate of drug-likeness (QED) is 0.767. The van der Waals surface area contributed by atoms with Crippen molar-refractivity contribution in [2.24, 2.45) is 0 Å². The Morgan fingerprint density at radius 2 is 2.13 bits per heavy atom. The summed E-state index contributed by atoms with van der Waals surface area (Å²) in [5, 5.41) is 12.8. The first kappa shape index (κ1) is 12.0. The van der Waals surface area contributed by atoms with Crippen LogP contribution in [0.3, 0.4) is 0 Å². The number of aromatic hydroxyl groups is 1. The van der Waals surface area contributed by atoms with Crippen molar-refractivity contribution in [1.82, 2.24) is 10.2 Å². The van der Waals surface area contributed by atoms with Crippen molar-refractivity contribution in [3.8, 4) is 5.75 Å². The van der Waals surface area contributed by atoms with E-state index in [0.717, 1.165) is 25.2 Å². The Labute approximate surface area is 91.7 Å². The van der Waals surface area contributed by atoms with Gasteiger partial charge in [0.15, 0.2) is 0 Å². The molecule has 0 aliphatic heterocycles. The molecular weight excluding hydrogens is 188 g/mol. The highest BCUT2D eigenvalue weighted by Gasteiger charge is 2.04. The summed E-state index contributed by atoms with van der Waals surface area (Å²) in [7, 11) is 4.00. The minimum atomic E-state index is 0.386. The molecule has 0 heterocycles. The molecule has 1 rings (SSSR count). The fourth-order valence-electron chi connectivity index (χ4n) is 1.51. The second-order valence-electron chi connectivity index (χ2n) is 3.97. The molecule has 84 valence electrons. The van der Waals surface area contributed by atoms with E-state index < -0.39 is 0 Å². The molecule has 1 aromatic carbocycles. The summed E-state index contributed by atoms with van der Waals surface area (Å²) < 4.78 is 0. The molecule has 1 aromatic rings. The van der Waals surface area contributed by atoms with Crippen molar-refractivity contribution in [2.75, 3.05) is 27.2 Å². The highest BCUT2D eigenvalue weighted by molar-refractivity contribution is 5.35. The number of aryl methyl sites for hydroxylation is 1. The molecule has 0 radical (unpaired) electrons. The summed E-state index contributed by atoms with van der Waals surface area (Å²) in [6.45, 7) is 4.76. The Morgan fingerprint density at radius 3 is 2.80 bits per heavy atom. The summed E-state index contributed by atoms with van der Waals surface area (Å²) in [6, 6.07) is 5.72. The molecule has 0 aromatic heterocycles. The van der Waals surface area contributed by atoms with E-state index in [1.54, 1.807) is 6.07 Å². The maximum Gasteiger partial charge on any atom is 0.120 e. The van der Waals surface area contributed by atoms with E-state index in [4.69, 9.17) is 0 Å². The van der Waals surface area contributed by atoms with Crippen molar-refractivity contribution in [3.63, 3.8) is 0 Å². The predicted molar refractivity (Wildman–Crippen MR) is 63.1 cm³/mol. The number of likely N-dealkylation sites (N-methyl/N-ethyl adjacent to an activating group) is 2. The molecule has 0 spiro atoms. The first-order chi connectivity index (χ1) is 7.13. The van der Waals surface area contributed by atoms with Crippen LogP contribution >= 0.6 is 0 Å². The maximum atomic E-state index is 9.67. The van der Waals surface area contributed by atoms with Crippen LogP contribution in [0.25, 0.3) is 0 Å². The lowest BCUT2D eigenvalue weighted by atomic mass is 10.1. The van der Waals surface area contributed by atoms with E-state index in [1.807, 2.05) is 26.1 Å². The largest absolute Gasteiger partial charge is 0.508 e. The molecule has 0 fully saturated rings. The molecular formula is C12H20N2O. The van der Waals surface area contributed by atoms with Crippen LogP contribution in [0.2, 0.25) is 0 Å². The van der Waals surface area contributed by atoms with Crippen LogP contribution in [-0.2, 0) is 6.54 Å². The lowest BCUT2D eigenvalue weighted by Crippen LogP contribution is -2.26. The smallest absolute Gasteiger partial charge is 0.120 e. The number of phenols is 1. The molecule has 3 heteroatoms. The van der Waals surface area contributed by atoms with Crippen LogP contribution in [-0.4, -0.2) is 37.2 Å². The van der Waals surface area contributed by atoms with E-state index in [1.165, 1.54) is 5.56 Å². The Balaban J connectivity index is 2.59. The van der Waals surface area contributed by atoms with E-state index in [0.29, 0.717) is 5.75 Å². The lowest BCUT2D eigenvalue weighted by Gasteiger charge is -2.17. The monoisotopic (exact) mass is 208 g/mol. The maximum absolute atomic E-state index is 9.67. The number of benzene rings is 1. The van der Waals surface area contributed by atoms with Gasteiger partial charge in [-0.1, -0.05) is 17.7 Å². The third-order valence-electron chi connectivity index (χ3n) is 2.42. The summed E-state index contributed by atoms with van der Waals surface area (Å²) >= 11 is 0. The molecule has 0 saturated heterocycles. The van der Waals surface area contributed by atoms with Gasteiger partial charge in [0.2, 0.25) is 0 Å². The second kappa shape index (κ2) is 5.73. The topological polar surface area (TPSA) is 35.5 Å². The van der Waals surface area contributed by atoms with Crippen LogP contribution in [0.1, 0.15) is 11.1 Å². The van der Waals surface area contributed by atoms with Gasteiger partial charge < -0.3 is 15.3 Å². The normalized spacial score (nSPS) is 10.9. The van der Waals surface area contributed by atoms with E-state index in [2.05, 4.69) is 17.3 Å². The van der Waals surface area contributed by atoms with Gasteiger partial charge in [0, 0.05) is 25.2 Å². The Morgan fingerprint density at radius 1 is 1.40 bits per heavy atom. The van der Waals surface area contributed by atoms with Gasteiger partial charge in [-0.15, -0.1) is 0 Å². The highest BCUT2D eigenvalue weighted by Crippen LogP contribution is 2.19. The number of rotatable bonds is 5. The van der Waals surface area contributed by atoms with Gasteiger partial charge >= 0.3 is 0 Å². The molecule has 0 atom stereocenters. The SMILES string of the molecule is CNCCN(C)Cc1cc(C)ccc1O. The molecule has 0 unspecified atom stereocenters. The average molecular weight is 208 g/mol. The van der Waals surface area contributed by atoms with Crippen molar-refractivity contribution >= 4 is 0 Å². The number of nitrogens with zero attached hydrogens (tertiary/aromatic N) is 1. The molecule has 3 nitrogen and oxygen atoms in total. The third kappa shape index (κ3) is 3.90. The Kier molecular flexibility index (Phi) is 4.59. The standard InChI is InChI=1S/C12H20N2O/c1-10-4-5-12(15)11(8-10)9-14(3)7-6-13-2/h4-5,8,13,15H,6-7,9H2,1-3H3. The molecule has 0 aliphatic carbocycles. The Bertz CT molecular complexity index is 312. The first-order valence-electron chi connectivity index (χ1n) is 5.25. The van der Waals surface area contributed by atoms with E-state index >= 15 is 0 Å². The lowest BCUT2D eigenvalue weighted by molar-refractivity contribution is 0.321. The summed E-state index contributed by atoms with van der Waals surface area (Å²) in [6.07, 6.45) is 0. The Hall–Kier alpha value is -1.06. The average Bonchev–Trinajstić information content (AvgIpc) is 2.20. The van der Waals surface area contributed by atoms with Crippen molar-refractivity contribution in [3.05, 3.63) is 29.3 Å². The van der Waals surface area contributed by atoms with Gasteiger partial charge in [0.25, 0.3) is 0 Å². The second-order valence-corrected chi connectivity index (χ2v) is 3.97. The van der Waals surface area contributed by atoms with Crippen LogP contribution in [0, 0.1) is 6.92 Å². The predicted octanol–water partition coefficient (Wildman–Crippen LogP) is 1.35. The van der Waals surface area contributed by atoms with Crippen molar-refractivity contribution in [2.45, 2.75) is 13.5 Å². The van der Waals surface area contributed by atoms with Gasteiger partial charge in [-0.3, -0.25) is 0 Å². The van der Waals surface area contributed by atoms with Gasteiger partial charge in [-0.25, -0.2) is 0 Å². The van der Waals surface area contributed by atoms with Gasteiger partial charge in [0.05, 0.1) is 0 Å². The van der Waals surface area contributed by atoms with Gasteiger partial charge in [0.1, 0.15) is 5.75 Å². The summed E-state index contributed by atoms with van der Waals surface area (Å²) in [4.78, 5) is 2.19. The fourth-order valence-corrected chi connectivity index (χ4v) is 1.51. The minimum absolute atomic E-state index is 0.386. The first-order valence-corrected chi connectivity index (χ1v) is 5.25. The molecule has 0 bridgehead atoms. The number of hydrogen-bond donors (Lipinski definition) is 2. The van der Waals surface area contributed by atoms with E-state index in [-0.39, 0.29) is 0 Å². The van der Waals surface area contributed by atoms with Crippen molar-refractivity contribution < 1.29 is 5.11 Å². The van der Waals surface area contributed by atoms with Gasteiger partial charge in [-0.2, -0.15) is 0 Å². The molecule has 2 N–H and O–H groups in total. The fraction of sp³-hybridized carbons (Fsp3) is 0.500. The van der Waals surface area contributed by atoms with Crippen molar-refractivity contribution in [1.29, 1.82) is 0 Å². The molecule has 15 heavy (non-hydrogen) atoms. The third-order valence-corrected chi connectivity index (χ3v) is 2.42. The van der Waals surface area contributed by atoms with Crippen LogP contribution < -0.4 is 5.32 Å². The molecule has 0 saturated carbocycles. The minimum Gasteiger partial charge on any atom is -0.508 e. The zero-order valence-corrected chi connectivity index (χ0v) is 9.75. The van der Waals surface area contributed by atoms with Gasteiger partial charge in [-0.05, 0) is 27.1 Å². The number of phenolic OH excluding ortho intramolecular Hbond substituents is 1. The zero-order chi connectivity index (χ0) is 11.3. The summed E-state index contributed by atoms with van der Waals surface area (Å²) in [5.74, 6) is 0.386. The number of nitrogens with one attached hydrogen (secondary N) is 1. The van der Waals surface area contributed by atoms with Crippen LogP contribution in [0.15, 0.2) is 18.2 Å². The van der Waals surface area contributed by atoms with Crippen LogP contribution in [0.4, 0.5) is 0 Å².